The number of thioether (sulfide) groups is 1. The van der Waals surface area contributed by atoms with Crippen molar-refractivity contribution in [1.82, 2.24) is 9.88 Å². The summed E-state index contributed by atoms with van der Waals surface area (Å²) in [4.78, 5) is 25.7. The summed E-state index contributed by atoms with van der Waals surface area (Å²) in [5.74, 6) is -0.409. The fourth-order valence-corrected chi connectivity index (χ4v) is 4.44. The van der Waals surface area contributed by atoms with E-state index in [1.807, 2.05) is 16.4 Å². The molecule has 1 N–H and O–H groups in total. The molecular weight excluding hydrogens is 317 g/mol. The van der Waals surface area contributed by atoms with Gasteiger partial charge < -0.3 is 14.8 Å². The van der Waals surface area contributed by atoms with Crippen LogP contribution in [-0.2, 0) is 0 Å². The number of carbonyl (C=O) groups is 1. The number of hydrogen-bond donors (Lipinski definition) is 1. The molecule has 1 atom stereocenters. The number of anilines is 1. The van der Waals surface area contributed by atoms with Crippen LogP contribution in [0, 0.1) is 5.82 Å². The Labute approximate surface area is 136 Å². The first-order chi connectivity index (χ1) is 11.1. The van der Waals surface area contributed by atoms with Crippen molar-refractivity contribution < 1.29 is 9.18 Å². The van der Waals surface area contributed by atoms with Crippen LogP contribution in [0.15, 0.2) is 22.0 Å². The maximum atomic E-state index is 14.6. The molecule has 23 heavy (non-hydrogen) atoms. The second kappa shape index (κ2) is 5.35. The third-order valence-electron chi connectivity index (χ3n) is 4.48. The van der Waals surface area contributed by atoms with Crippen molar-refractivity contribution in [2.24, 2.45) is 0 Å². The number of aromatic nitrogens is 1. The molecule has 0 saturated carbocycles. The monoisotopic (exact) mass is 333 g/mol. The summed E-state index contributed by atoms with van der Waals surface area (Å²) in [6.07, 6.45) is 0.578. The van der Waals surface area contributed by atoms with Gasteiger partial charge in [0.2, 0.25) is 5.43 Å². The molecule has 0 unspecified atom stereocenters. The van der Waals surface area contributed by atoms with Gasteiger partial charge in [0.15, 0.2) is 6.29 Å². The lowest BCUT2D eigenvalue weighted by Crippen LogP contribution is -2.44. The number of rotatable bonds is 2. The van der Waals surface area contributed by atoms with E-state index >= 15 is 0 Å². The third-order valence-corrected chi connectivity index (χ3v) is 5.68. The molecule has 3 heterocycles. The van der Waals surface area contributed by atoms with E-state index in [0.29, 0.717) is 22.5 Å². The summed E-state index contributed by atoms with van der Waals surface area (Å²) in [6, 6.07) is 3.04. The van der Waals surface area contributed by atoms with Gasteiger partial charge >= 0.3 is 0 Å². The van der Waals surface area contributed by atoms with Gasteiger partial charge in [0.05, 0.1) is 27.2 Å². The van der Waals surface area contributed by atoms with E-state index < -0.39 is 5.82 Å². The van der Waals surface area contributed by atoms with E-state index in [0.717, 1.165) is 26.2 Å². The predicted molar refractivity (Wildman–Crippen MR) is 89.2 cm³/mol. The van der Waals surface area contributed by atoms with E-state index in [1.165, 1.54) is 17.8 Å². The van der Waals surface area contributed by atoms with Crippen molar-refractivity contribution in [3.8, 4) is 0 Å². The normalized spacial score (nSPS) is 20.3. The summed E-state index contributed by atoms with van der Waals surface area (Å²) >= 11 is 1.49. The van der Waals surface area contributed by atoms with E-state index in [2.05, 4.69) is 5.32 Å². The van der Waals surface area contributed by atoms with Gasteiger partial charge in [-0.05, 0) is 19.1 Å². The molecule has 0 spiro atoms. The Hall–Kier alpha value is -1.86. The average Bonchev–Trinajstić information content (AvgIpc) is 2.55. The summed E-state index contributed by atoms with van der Waals surface area (Å²) < 4.78 is 16.5. The molecule has 7 heteroatoms. The van der Waals surface area contributed by atoms with Gasteiger partial charge in [-0.25, -0.2) is 4.39 Å². The highest BCUT2D eigenvalue weighted by molar-refractivity contribution is 8.00. The van der Waals surface area contributed by atoms with E-state index in [4.69, 9.17) is 0 Å². The molecule has 2 aromatic rings. The van der Waals surface area contributed by atoms with Crippen molar-refractivity contribution in [1.29, 1.82) is 0 Å². The molecule has 0 aliphatic carbocycles. The van der Waals surface area contributed by atoms with Crippen LogP contribution in [0.3, 0.4) is 0 Å². The second-order valence-electron chi connectivity index (χ2n) is 5.81. The summed E-state index contributed by atoms with van der Waals surface area (Å²) in [5, 5.41) is 4.34. The number of piperazine rings is 1. The minimum absolute atomic E-state index is 0.133. The zero-order valence-electron chi connectivity index (χ0n) is 12.6. The lowest BCUT2D eigenvalue weighted by molar-refractivity contribution is 0.111. The zero-order valence-corrected chi connectivity index (χ0v) is 13.5. The van der Waals surface area contributed by atoms with Crippen LogP contribution < -0.4 is 15.6 Å². The highest BCUT2D eigenvalue weighted by Gasteiger charge is 2.30. The van der Waals surface area contributed by atoms with Gasteiger partial charge in [-0.1, -0.05) is 11.8 Å². The molecule has 4 rings (SSSR count). The molecule has 0 amide bonds. The number of hydrogen-bond acceptors (Lipinski definition) is 5. The lowest BCUT2D eigenvalue weighted by Gasteiger charge is -2.34. The van der Waals surface area contributed by atoms with Crippen LogP contribution in [0.4, 0.5) is 10.1 Å². The van der Waals surface area contributed by atoms with Gasteiger partial charge in [-0.2, -0.15) is 0 Å². The number of aldehydes is 1. The minimum Gasteiger partial charge on any atom is -0.367 e. The highest BCUT2D eigenvalue weighted by atomic mass is 32.2. The third kappa shape index (κ3) is 2.10. The van der Waals surface area contributed by atoms with Crippen LogP contribution >= 0.6 is 11.8 Å². The number of nitrogens with zero attached hydrogens (tertiary/aromatic N) is 2. The Morgan fingerprint density at radius 3 is 2.74 bits per heavy atom. The molecule has 5 nitrogen and oxygen atoms in total. The summed E-state index contributed by atoms with van der Waals surface area (Å²) in [6.45, 7) is 5.09. The van der Waals surface area contributed by atoms with Gasteiger partial charge in [-0.15, -0.1) is 0 Å². The van der Waals surface area contributed by atoms with E-state index in [-0.39, 0.29) is 21.8 Å². The van der Waals surface area contributed by atoms with Gasteiger partial charge in [-0.3, -0.25) is 9.59 Å². The average molecular weight is 333 g/mol. The van der Waals surface area contributed by atoms with Crippen molar-refractivity contribution in [3.05, 3.63) is 33.7 Å². The smallest absolute Gasteiger partial charge is 0.201 e. The molecule has 2 aliphatic rings. The molecule has 2 aliphatic heterocycles. The van der Waals surface area contributed by atoms with E-state index in [9.17, 15) is 14.0 Å². The number of pyridine rings is 1. The largest absolute Gasteiger partial charge is 0.367 e. The first kappa shape index (κ1) is 14.7. The Bertz CT molecular complexity index is 874. The van der Waals surface area contributed by atoms with Crippen molar-refractivity contribution in [2.45, 2.75) is 17.3 Å². The minimum atomic E-state index is -0.409. The predicted octanol–water partition coefficient (Wildman–Crippen LogP) is 1.99. The molecule has 1 saturated heterocycles. The summed E-state index contributed by atoms with van der Waals surface area (Å²) in [7, 11) is 0. The fraction of sp³-hybridized carbons (Fsp3) is 0.375. The second-order valence-corrected chi connectivity index (χ2v) is 7.12. The van der Waals surface area contributed by atoms with Gasteiger partial charge in [0.1, 0.15) is 5.82 Å². The van der Waals surface area contributed by atoms with Crippen LogP contribution in [0.1, 0.15) is 22.7 Å². The maximum absolute atomic E-state index is 14.6. The highest BCUT2D eigenvalue weighted by Crippen LogP contribution is 2.46. The number of benzene rings is 1. The van der Waals surface area contributed by atoms with Gasteiger partial charge in [0, 0.05) is 31.6 Å². The van der Waals surface area contributed by atoms with Gasteiger partial charge in [0.25, 0.3) is 0 Å². The standard InChI is InChI=1S/C16H16FN3O2S/c1-9-20-13-7-14(19-4-2-18-3-5-19)12(17)6-10(13)15(22)11(8-21)16(20)23-9/h6-9,18H,2-5H2,1H3/t9-/m0/s1. The van der Waals surface area contributed by atoms with Crippen molar-refractivity contribution >= 4 is 34.6 Å². The number of halogens is 1. The number of carbonyl (C=O) groups excluding carboxylic acids is 1. The quantitative estimate of drug-likeness (QED) is 0.852. The molecule has 0 radical (unpaired) electrons. The SMILES string of the molecule is C[C@@H]1Sc2c(C=O)c(=O)c3cc(F)c(N4CCNCC4)cc3n21. The first-order valence-corrected chi connectivity index (χ1v) is 8.49. The fourth-order valence-electron chi connectivity index (χ4n) is 3.31. The van der Waals surface area contributed by atoms with Crippen LogP contribution in [0.25, 0.3) is 10.9 Å². The number of fused-ring (bicyclic) bond motifs is 3. The molecule has 1 aromatic heterocycles. The molecule has 120 valence electrons. The van der Waals surface area contributed by atoms with Crippen LogP contribution in [0.5, 0.6) is 0 Å². The Kier molecular flexibility index (Phi) is 3.42. The molecule has 0 bridgehead atoms. The van der Waals surface area contributed by atoms with Crippen molar-refractivity contribution in [3.63, 3.8) is 0 Å². The number of nitrogens with one attached hydrogen (secondary N) is 1. The Balaban J connectivity index is 1.98. The first-order valence-electron chi connectivity index (χ1n) is 7.61. The van der Waals surface area contributed by atoms with Crippen molar-refractivity contribution in [2.75, 3.05) is 31.1 Å². The van der Waals surface area contributed by atoms with Crippen LogP contribution in [0.2, 0.25) is 0 Å². The molecular formula is C16H16FN3O2S. The topological polar surface area (TPSA) is 54.3 Å². The Morgan fingerprint density at radius 1 is 1.35 bits per heavy atom. The Morgan fingerprint density at radius 2 is 2.09 bits per heavy atom. The summed E-state index contributed by atoms with van der Waals surface area (Å²) in [5.41, 5.74) is 0.981. The lowest BCUT2D eigenvalue weighted by atomic mass is 10.1. The van der Waals surface area contributed by atoms with E-state index in [1.54, 1.807) is 6.07 Å². The maximum Gasteiger partial charge on any atom is 0.201 e. The molecule has 1 fully saturated rings. The zero-order chi connectivity index (χ0) is 16.1. The van der Waals surface area contributed by atoms with Crippen LogP contribution in [-0.4, -0.2) is 37.0 Å². The molecule has 1 aromatic carbocycles.